The Labute approximate surface area is 101 Å². The van der Waals surface area contributed by atoms with Gasteiger partial charge in [0.1, 0.15) is 0 Å². The monoisotopic (exact) mass is 239 g/mol. The molecular formula is C13H18FNO2. The molecule has 0 aromatic heterocycles. The number of hydrogen-bond acceptors (Lipinski definition) is 3. The van der Waals surface area contributed by atoms with Crippen LogP contribution >= 0.6 is 0 Å². The first-order chi connectivity index (χ1) is 8.20. The van der Waals surface area contributed by atoms with Gasteiger partial charge in [-0.1, -0.05) is 0 Å². The van der Waals surface area contributed by atoms with E-state index in [0.29, 0.717) is 12.3 Å². The van der Waals surface area contributed by atoms with Crippen molar-refractivity contribution in [3.8, 4) is 5.75 Å². The average molecular weight is 239 g/mol. The highest BCUT2D eigenvalue weighted by molar-refractivity contribution is 5.48. The summed E-state index contributed by atoms with van der Waals surface area (Å²) < 4.78 is 18.7. The first-order valence-corrected chi connectivity index (χ1v) is 6.07. The molecule has 1 saturated carbocycles. The number of aliphatic hydroxyl groups excluding tert-OH is 1. The van der Waals surface area contributed by atoms with Crippen molar-refractivity contribution in [2.75, 3.05) is 11.9 Å². The molecule has 1 aliphatic carbocycles. The average Bonchev–Trinajstić information content (AvgIpc) is 2.69. The molecule has 1 aromatic carbocycles. The smallest absolute Gasteiger partial charge is 0.167 e. The van der Waals surface area contributed by atoms with E-state index in [-0.39, 0.29) is 23.7 Å². The van der Waals surface area contributed by atoms with Crippen LogP contribution in [0.4, 0.5) is 10.1 Å². The Kier molecular flexibility index (Phi) is 3.84. The van der Waals surface area contributed by atoms with Crippen LogP contribution in [0.25, 0.3) is 0 Å². The summed E-state index contributed by atoms with van der Waals surface area (Å²) in [5, 5.41) is 12.8. The van der Waals surface area contributed by atoms with Gasteiger partial charge in [-0.3, -0.25) is 0 Å². The SMILES string of the molecule is CCOc1ccc(N[C@H]2CCC[C@@H]2O)cc1F. The van der Waals surface area contributed by atoms with Gasteiger partial charge in [0, 0.05) is 11.8 Å². The molecule has 0 spiro atoms. The summed E-state index contributed by atoms with van der Waals surface area (Å²) in [7, 11) is 0. The van der Waals surface area contributed by atoms with Gasteiger partial charge in [0.15, 0.2) is 11.6 Å². The van der Waals surface area contributed by atoms with Gasteiger partial charge in [0.2, 0.25) is 0 Å². The topological polar surface area (TPSA) is 41.5 Å². The third kappa shape index (κ3) is 2.88. The summed E-state index contributed by atoms with van der Waals surface area (Å²) in [5.74, 6) is -0.102. The summed E-state index contributed by atoms with van der Waals surface area (Å²) in [5.41, 5.74) is 0.692. The van der Waals surface area contributed by atoms with Crippen LogP contribution in [-0.2, 0) is 0 Å². The Morgan fingerprint density at radius 1 is 1.47 bits per heavy atom. The number of hydrogen-bond donors (Lipinski definition) is 2. The lowest BCUT2D eigenvalue weighted by Crippen LogP contribution is -2.27. The molecule has 4 heteroatoms. The predicted molar refractivity (Wildman–Crippen MR) is 64.8 cm³/mol. The number of anilines is 1. The van der Waals surface area contributed by atoms with Gasteiger partial charge < -0.3 is 15.2 Å². The van der Waals surface area contributed by atoms with Crippen molar-refractivity contribution < 1.29 is 14.2 Å². The highest BCUT2D eigenvalue weighted by atomic mass is 19.1. The molecule has 0 aliphatic heterocycles. The van der Waals surface area contributed by atoms with E-state index in [4.69, 9.17) is 4.74 Å². The molecule has 3 nitrogen and oxygen atoms in total. The van der Waals surface area contributed by atoms with Crippen LogP contribution < -0.4 is 10.1 Å². The van der Waals surface area contributed by atoms with Gasteiger partial charge >= 0.3 is 0 Å². The van der Waals surface area contributed by atoms with Crippen molar-refractivity contribution in [3.63, 3.8) is 0 Å². The van der Waals surface area contributed by atoms with Crippen LogP contribution in [0.15, 0.2) is 18.2 Å². The zero-order chi connectivity index (χ0) is 12.3. The summed E-state index contributed by atoms with van der Waals surface area (Å²) in [6.45, 7) is 2.27. The molecule has 94 valence electrons. The lowest BCUT2D eigenvalue weighted by Gasteiger charge is -2.18. The van der Waals surface area contributed by atoms with E-state index in [1.165, 1.54) is 6.07 Å². The van der Waals surface area contributed by atoms with E-state index < -0.39 is 0 Å². The van der Waals surface area contributed by atoms with E-state index in [9.17, 15) is 9.50 Å². The highest BCUT2D eigenvalue weighted by Crippen LogP contribution is 2.26. The second-order valence-electron chi connectivity index (χ2n) is 4.33. The van der Waals surface area contributed by atoms with Gasteiger partial charge in [-0.2, -0.15) is 0 Å². The minimum atomic E-state index is -0.371. The Bertz CT molecular complexity index is 384. The minimum Gasteiger partial charge on any atom is -0.491 e. The quantitative estimate of drug-likeness (QED) is 0.848. The van der Waals surface area contributed by atoms with Crippen LogP contribution in [0, 0.1) is 5.82 Å². The van der Waals surface area contributed by atoms with Crippen molar-refractivity contribution in [2.24, 2.45) is 0 Å². The Hall–Kier alpha value is -1.29. The molecule has 1 aliphatic rings. The van der Waals surface area contributed by atoms with Gasteiger partial charge in [0.25, 0.3) is 0 Å². The summed E-state index contributed by atoms with van der Waals surface area (Å²) in [6, 6.07) is 4.84. The van der Waals surface area contributed by atoms with Crippen LogP contribution in [0.5, 0.6) is 5.75 Å². The number of nitrogens with one attached hydrogen (secondary N) is 1. The van der Waals surface area contributed by atoms with E-state index in [2.05, 4.69) is 5.32 Å². The second-order valence-corrected chi connectivity index (χ2v) is 4.33. The van der Waals surface area contributed by atoms with Crippen molar-refractivity contribution in [2.45, 2.75) is 38.3 Å². The number of aliphatic hydroxyl groups is 1. The van der Waals surface area contributed by atoms with E-state index in [0.717, 1.165) is 19.3 Å². The summed E-state index contributed by atoms with van der Waals surface area (Å²) >= 11 is 0. The molecule has 2 N–H and O–H groups in total. The standard InChI is InChI=1S/C13H18FNO2/c1-2-17-13-7-6-9(8-10(13)14)15-11-4-3-5-12(11)16/h6-8,11-12,15-16H,2-5H2,1H3/t11-,12-/m0/s1. The highest BCUT2D eigenvalue weighted by Gasteiger charge is 2.24. The molecule has 0 unspecified atom stereocenters. The van der Waals surface area contributed by atoms with Crippen LogP contribution in [-0.4, -0.2) is 23.9 Å². The van der Waals surface area contributed by atoms with E-state index in [1.54, 1.807) is 12.1 Å². The van der Waals surface area contributed by atoms with Crippen LogP contribution in [0.3, 0.4) is 0 Å². The fourth-order valence-electron chi connectivity index (χ4n) is 2.19. The third-order valence-electron chi connectivity index (χ3n) is 3.06. The summed E-state index contributed by atoms with van der Waals surface area (Å²) in [6.07, 6.45) is 2.43. The number of halogens is 1. The Balaban J connectivity index is 2.04. The zero-order valence-electron chi connectivity index (χ0n) is 9.95. The largest absolute Gasteiger partial charge is 0.491 e. The molecule has 17 heavy (non-hydrogen) atoms. The van der Waals surface area contributed by atoms with Crippen molar-refractivity contribution in [1.82, 2.24) is 0 Å². The minimum absolute atomic E-state index is 0.0346. The number of benzene rings is 1. The molecule has 0 saturated heterocycles. The fourth-order valence-corrected chi connectivity index (χ4v) is 2.19. The Morgan fingerprint density at radius 2 is 2.29 bits per heavy atom. The predicted octanol–water partition coefficient (Wildman–Crippen LogP) is 2.55. The third-order valence-corrected chi connectivity index (χ3v) is 3.06. The van der Waals surface area contributed by atoms with Crippen molar-refractivity contribution >= 4 is 5.69 Å². The Morgan fingerprint density at radius 3 is 2.88 bits per heavy atom. The molecule has 1 aromatic rings. The van der Waals surface area contributed by atoms with Gasteiger partial charge in [0.05, 0.1) is 18.8 Å². The zero-order valence-corrected chi connectivity index (χ0v) is 9.95. The molecule has 2 rings (SSSR count). The number of ether oxygens (including phenoxy) is 1. The maximum absolute atomic E-state index is 13.6. The lowest BCUT2D eigenvalue weighted by molar-refractivity contribution is 0.172. The second kappa shape index (κ2) is 5.36. The molecule has 0 heterocycles. The normalized spacial score (nSPS) is 23.7. The first-order valence-electron chi connectivity index (χ1n) is 6.07. The van der Waals surface area contributed by atoms with Crippen LogP contribution in [0.1, 0.15) is 26.2 Å². The molecular weight excluding hydrogens is 221 g/mol. The molecule has 0 radical (unpaired) electrons. The van der Waals surface area contributed by atoms with E-state index in [1.807, 2.05) is 6.92 Å². The van der Waals surface area contributed by atoms with Gasteiger partial charge in [-0.25, -0.2) is 4.39 Å². The van der Waals surface area contributed by atoms with Crippen molar-refractivity contribution in [1.29, 1.82) is 0 Å². The molecule has 0 amide bonds. The maximum atomic E-state index is 13.6. The fraction of sp³-hybridized carbons (Fsp3) is 0.538. The van der Waals surface area contributed by atoms with E-state index >= 15 is 0 Å². The number of rotatable bonds is 4. The maximum Gasteiger partial charge on any atom is 0.167 e. The molecule has 2 atom stereocenters. The van der Waals surface area contributed by atoms with Gasteiger partial charge in [-0.15, -0.1) is 0 Å². The van der Waals surface area contributed by atoms with Crippen LogP contribution in [0.2, 0.25) is 0 Å². The molecule has 0 bridgehead atoms. The first kappa shape index (κ1) is 12.2. The van der Waals surface area contributed by atoms with Gasteiger partial charge in [-0.05, 0) is 38.3 Å². The van der Waals surface area contributed by atoms with Crippen molar-refractivity contribution in [3.05, 3.63) is 24.0 Å². The lowest BCUT2D eigenvalue weighted by atomic mass is 10.2. The summed E-state index contributed by atoms with van der Waals surface area (Å²) in [4.78, 5) is 0. The molecule has 1 fully saturated rings.